The van der Waals surface area contributed by atoms with E-state index in [4.69, 9.17) is 4.74 Å². The van der Waals surface area contributed by atoms with E-state index < -0.39 is 24.6 Å². The highest BCUT2D eigenvalue weighted by Crippen LogP contribution is 2.22. The van der Waals surface area contributed by atoms with Gasteiger partial charge in [0.05, 0.1) is 16.8 Å². The largest absolute Gasteiger partial charge is 0.449 e. The van der Waals surface area contributed by atoms with E-state index in [0.29, 0.717) is 11.2 Å². The Bertz CT molecular complexity index is 1000. The summed E-state index contributed by atoms with van der Waals surface area (Å²) in [7, 11) is 0. The lowest BCUT2D eigenvalue weighted by atomic mass is 10.1. The van der Waals surface area contributed by atoms with E-state index in [2.05, 4.69) is 15.0 Å². The Labute approximate surface area is 159 Å². The summed E-state index contributed by atoms with van der Waals surface area (Å²) in [6.07, 6.45) is 0.531. The van der Waals surface area contributed by atoms with Gasteiger partial charge < -0.3 is 14.8 Å². The molecule has 1 unspecified atom stereocenters. The summed E-state index contributed by atoms with van der Waals surface area (Å²) >= 11 is 0. The van der Waals surface area contributed by atoms with Crippen molar-refractivity contribution in [2.75, 3.05) is 5.32 Å². The van der Waals surface area contributed by atoms with Crippen LogP contribution in [0.4, 0.5) is 14.5 Å². The summed E-state index contributed by atoms with van der Waals surface area (Å²) in [5.74, 6) is -1.54. The first kappa shape index (κ1) is 19.2. The Morgan fingerprint density at radius 1 is 1.07 bits per heavy atom. The van der Waals surface area contributed by atoms with Gasteiger partial charge in [0.2, 0.25) is 0 Å². The number of fused-ring (bicyclic) bond motifs is 1. The third kappa shape index (κ3) is 4.59. The predicted molar refractivity (Wildman–Crippen MR) is 98.3 cm³/mol. The van der Waals surface area contributed by atoms with Crippen molar-refractivity contribution in [3.8, 4) is 5.75 Å². The number of hydrogen-bond acceptors (Lipinski definition) is 5. The minimum absolute atomic E-state index is 0.00726. The summed E-state index contributed by atoms with van der Waals surface area (Å²) in [6, 6.07) is 14.0. The highest BCUT2D eigenvalue weighted by Gasteiger charge is 2.20. The summed E-state index contributed by atoms with van der Waals surface area (Å²) in [5, 5.41) is 3.44. The Kier molecular flexibility index (Phi) is 5.78. The lowest BCUT2D eigenvalue weighted by Crippen LogP contribution is -2.30. The third-order valence-corrected chi connectivity index (χ3v) is 3.85. The van der Waals surface area contributed by atoms with Crippen LogP contribution in [0.2, 0.25) is 0 Å². The van der Waals surface area contributed by atoms with Crippen molar-refractivity contribution in [2.45, 2.75) is 19.6 Å². The molecule has 28 heavy (non-hydrogen) atoms. The molecule has 0 aliphatic rings. The van der Waals surface area contributed by atoms with Crippen LogP contribution in [-0.4, -0.2) is 29.6 Å². The predicted octanol–water partition coefficient (Wildman–Crippen LogP) is 4.02. The van der Waals surface area contributed by atoms with E-state index in [1.807, 2.05) is 12.1 Å². The fraction of sp³-hybridized carbons (Fsp3) is 0.150. The van der Waals surface area contributed by atoms with E-state index in [-0.39, 0.29) is 11.3 Å². The molecule has 0 bridgehead atoms. The van der Waals surface area contributed by atoms with Gasteiger partial charge in [0.25, 0.3) is 5.91 Å². The fourth-order valence-corrected chi connectivity index (χ4v) is 2.53. The molecule has 2 aromatic carbocycles. The van der Waals surface area contributed by atoms with Gasteiger partial charge >= 0.3 is 12.6 Å². The number of hydrogen-bond donors (Lipinski definition) is 1. The maximum Gasteiger partial charge on any atom is 0.387 e. The van der Waals surface area contributed by atoms with Crippen LogP contribution in [0.25, 0.3) is 10.9 Å². The van der Waals surface area contributed by atoms with Crippen LogP contribution >= 0.6 is 0 Å². The van der Waals surface area contributed by atoms with E-state index in [1.165, 1.54) is 25.1 Å². The Morgan fingerprint density at radius 3 is 2.64 bits per heavy atom. The molecule has 3 aromatic rings. The number of rotatable bonds is 6. The number of nitrogens with one attached hydrogen (secondary N) is 1. The van der Waals surface area contributed by atoms with Crippen molar-refractivity contribution in [3.05, 3.63) is 66.4 Å². The molecule has 0 aliphatic heterocycles. The molecule has 1 atom stereocenters. The van der Waals surface area contributed by atoms with Crippen molar-refractivity contribution in [2.24, 2.45) is 0 Å². The van der Waals surface area contributed by atoms with Crippen LogP contribution in [0.5, 0.6) is 5.75 Å². The molecule has 3 rings (SSSR count). The minimum Gasteiger partial charge on any atom is -0.449 e. The van der Waals surface area contributed by atoms with Gasteiger partial charge in [-0.3, -0.25) is 9.78 Å². The SMILES string of the molecule is CC(OC(=O)c1cccc(OC(F)F)c1)C(=O)Nc1cccc2ncccc12. The van der Waals surface area contributed by atoms with Crippen LogP contribution in [0.15, 0.2) is 60.8 Å². The maximum absolute atomic E-state index is 12.4. The van der Waals surface area contributed by atoms with E-state index in [1.54, 1.807) is 24.4 Å². The van der Waals surface area contributed by atoms with E-state index in [0.717, 1.165) is 11.5 Å². The van der Waals surface area contributed by atoms with E-state index >= 15 is 0 Å². The smallest absolute Gasteiger partial charge is 0.387 e. The third-order valence-electron chi connectivity index (χ3n) is 3.85. The topological polar surface area (TPSA) is 77.5 Å². The number of aromatic nitrogens is 1. The molecule has 0 radical (unpaired) electrons. The number of anilines is 1. The highest BCUT2D eigenvalue weighted by molar-refractivity contribution is 6.03. The van der Waals surface area contributed by atoms with Crippen LogP contribution in [0.1, 0.15) is 17.3 Å². The number of benzene rings is 2. The Hall–Kier alpha value is -3.55. The Balaban J connectivity index is 1.68. The number of ether oxygens (including phenoxy) is 2. The van der Waals surface area contributed by atoms with Crippen LogP contribution in [-0.2, 0) is 9.53 Å². The average Bonchev–Trinajstić information content (AvgIpc) is 2.68. The number of halogens is 2. The first-order valence-corrected chi connectivity index (χ1v) is 8.34. The lowest BCUT2D eigenvalue weighted by molar-refractivity contribution is -0.123. The number of esters is 1. The molecule has 144 valence electrons. The number of carbonyl (C=O) groups excluding carboxylic acids is 2. The quantitative estimate of drug-likeness (QED) is 0.648. The fourth-order valence-electron chi connectivity index (χ4n) is 2.53. The number of carbonyl (C=O) groups is 2. The van der Waals surface area contributed by atoms with Gasteiger partial charge in [-0.05, 0) is 49.4 Å². The minimum atomic E-state index is -3.01. The number of alkyl halides is 2. The normalized spacial score (nSPS) is 11.9. The number of amides is 1. The Morgan fingerprint density at radius 2 is 1.86 bits per heavy atom. The van der Waals surface area contributed by atoms with Gasteiger partial charge in [-0.2, -0.15) is 8.78 Å². The van der Waals surface area contributed by atoms with Crippen molar-refractivity contribution < 1.29 is 27.8 Å². The van der Waals surface area contributed by atoms with Crippen molar-refractivity contribution in [3.63, 3.8) is 0 Å². The first-order valence-electron chi connectivity index (χ1n) is 8.34. The van der Waals surface area contributed by atoms with E-state index in [9.17, 15) is 18.4 Å². The zero-order valence-corrected chi connectivity index (χ0v) is 14.8. The maximum atomic E-state index is 12.4. The molecule has 1 aromatic heterocycles. The summed E-state index contributed by atoms with van der Waals surface area (Å²) < 4.78 is 34.0. The highest BCUT2D eigenvalue weighted by atomic mass is 19.3. The second-order valence-corrected chi connectivity index (χ2v) is 5.82. The van der Waals surface area contributed by atoms with Gasteiger partial charge in [0, 0.05) is 11.6 Å². The van der Waals surface area contributed by atoms with Crippen molar-refractivity contribution in [1.82, 2.24) is 4.98 Å². The summed E-state index contributed by atoms with van der Waals surface area (Å²) in [5.41, 5.74) is 1.23. The zero-order chi connectivity index (χ0) is 20.1. The molecule has 8 heteroatoms. The molecular formula is C20H16F2N2O4. The molecule has 0 spiro atoms. The van der Waals surface area contributed by atoms with Gasteiger partial charge in [-0.25, -0.2) is 4.79 Å². The molecule has 1 heterocycles. The standard InChI is InChI=1S/C20H16F2N2O4/c1-12(27-19(26)13-5-2-6-14(11-13)28-20(21)22)18(25)24-17-9-3-8-16-15(17)7-4-10-23-16/h2-12,20H,1H3,(H,24,25). The first-order chi connectivity index (χ1) is 13.4. The monoisotopic (exact) mass is 386 g/mol. The van der Waals surface area contributed by atoms with Crippen LogP contribution < -0.4 is 10.1 Å². The average molecular weight is 386 g/mol. The summed E-state index contributed by atoms with van der Waals surface area (Å²) in [4.78, 5) is 28.8. The molecule has 0 aliphatic carbocycles. The molecular weight excluding hydrogens is 370 g/mol. The van der Waals surface area contributed by atoms with Gasteiger partial charge in [0.1, 0.15) is 5.75 Å². The lowest BCUT2D eigenvalue weighted by Gasteiger charge is -2.15. The number of nitrogens with zero attached hydrogens (tertiary/aromatic N) is 1. The molecule has 1 amide bonds. The van der Waals surface area contributed by atoms with Crippen LogP contribution in [0, 0.1) is 0 Å². The zero-order valence-electron chi connectivity index (χ0n) is 14.8. The number of pyridine rings is 1. The molecule has 1 N–H and O–H groups in total. The summed E-state index contributed by atoms with van der Waals surface area (Å²) in [6.45, 7) is -1.60. The van der Waals surface area contributed by atoms with Crippen molar-refractivity contribution in [1.29, 1.82) is 0 Å². The molecule has 0 saturated carbocycles. The van der Waals surface area contributed by atoms with Gasteiger partial charge in [-0.15, -0.1) is 0 Å². The molecule has 0 fully saturated rings. The van der Waals surface area contributed by atoms with Crippen LogP contribution in [0.3, 0.4) is 0 Å². The van der Waals surface area contributed by atoms with Gasteiger partial charge in [-0.1, -0.05) is 12.1 Å². The second-order valence-electron chi connectivity index (χ2n) is 5.82. The second kappa shape index (κ2) is 8.43. The molecule has 0 saturated heterocycles. The van der Waals surface area contributed by atoms with Gasteiger partial charge in [0.15, 0.2) is 6.10 Å². The molecule has 6 nitrogen and oxygen atoms in total. The van der Waals surface area contributed by atoms with Crippen molar-refractivity contribution >= 4 is 28.5 Å².